The van der Waals surface area contributed by atoms with E-state index in [1.165, 1.54) is 23.0 Å². The quantitative estimate of drug-likeness (QED) is 0.418. The van der Waals surface area contributed by atoms with E-state index in [1.807, 2.05) is 30.3 Å². The second-order valence-electron chi connectivity index (χ2n) is 6.62. The first kappa shape index (κ1) is 23.1. The number of aromatic nitrogens is 2. The van der Waals surface area contributed by atoms with Crippen molar-refractivity contribution >= 4 is 22.0 Å². The predicted octanol–water partition coefficient (Wildman–Crippen LogP) is 4.63. The number of nitrogens with one attached hydrogen (secondary N) is 1. The molecule has 8 nitrogen and oxygen atoms in total. The van der Waals surface area contributed by atoms with E-state index in [0.29, 0.717) is 11.1 Å². The topological polar surface area (TPSA) is 99.5 Å². The van der Waals surface area contributed by atoms with E-state index in [0.717, 1.165) is 17.7 Å². The SMILES string of the molecule is CC(OC(=O)Nc1c(-c2ccc(OS(=O)(=O)C(F)(F)F)cc2)cnn1C)c1ccccc1. The minimum Gasteiger partial charge on any atom is -0.441 e. The van der Waals surface area contributed by atoms with Gasteiger partial charge in [-0.3, -0.25) is 10.00 Å². The van der Waals surface area contributed by atoms with Crippen LogP contribution in [0.1, 0.15) is 18.6 Å². The number of nitrogens with zero attached hydrogens (tertiary/aromatic N) is 2. The molecule has 1 atom stereocenters. The van der Waals surface area contributed by atoms with Crippen LogP contribution < -0.4 is 9.50 Å². The molecule has 0 radical (unpaired) electrons. The summed E-state index contributed by atoms with van der Waals surface area (Å²) in [5.41, 5.74) is -3.86. The molecule has 0 bridgehead atoms. The smallest absolute Gasteiger partial charge is 0.441 e. The summed E-state index contributed by atoms with van der Waals surface area (Å²) in [5.74, 6) is -0.243. The van der Waals surface area contributed by atoms with Gasteiger partial charge in [0.1, 0.15) is 17.7 Å². The normalized spacial score (nSPS) is 12.8. The number of alkyl halides is 3. The molecule has 170 valence electrons. The van der Waals surface area contributed by atoms with Gasteiger partial charge in [-0.25, -0.2) is 4.79 Å². The van der Waals surface area contributed by atoms with Crippen LogP contribution in [0.4, 0.5) is 23.8 Å². The molecule has 3 rings (SSSR count). The van der Waals surface area contributed by atoms with E-state index in [1.54, 1.807) is 14.0 Å². The molecule has 0 fully saturated rings. The third-order valence-electron chi connectivity index (χ3n) is 4.37. The molecule has 0 saturated carbocycles. The molecule has 1 N–H and O–H groups in total. The van der Waals surface area contributed by atoms with Crippen LogP contribution in [0, 0.1) is 0 Å². The summed E-state index contributed by atoms with van der Waals surface area (Å²) in [5, 5.41) is 6.66. The van der Waals surface area contributed by atoms with Crippen molar-refractivity contribution in [2.75, 3.05) is 5.32 Å². The highest BCUT2D eigenvalue weighted by Crippen LogP contribution is 2.31. The number of amides is 1. The molecule has 1 aromatic heterocycles. The van der Waals surface area contributed by atoms with Gasteiger partial charge in [0.25, 0.3) is 0 Å². The molecule has 2 aromatic carbocycles. The van der Waals surface area contributed by atoms with Crippen LogP contribution in [0.2, 0.25) is 0 Å². The lowest BCUT2D eigenvalue weighted by molar-refractivity contribution is -0.0500. The van der Waals surface area contributed by atoms with E-state index in [4.69, 9.17) is 4.74 Å². The first-order valence-corrected chi connectivity index (χ1v) is 10.5. The fraction of sp³-hybridized carbons (Fsp3) is 0.200. The molecule has 0 saturated heterocycles. The number of aryl methyl sites for hydroxylation is 1. The van der Waals surface area contributed by atoms with Crippen molar-refractivity contribution in [1.82, 2.24) is 9.78 Å². The Hall–Kier alpha value is -3.54. The van der Waals surface area contributed by atoms with E-state index < -0.39 is 33.6 Å². The van der Waals surface area contributed by atoms with Gasteiger partial charge in [0.2, 0.25) is 0 Å². The Kier molecular flexibility index (Phi) is 6.44. The zero-order chi connectivity index (χ0) is 23.5. The molecule has 0 spiro atoms. The fourth-order valence-corrected chi connectivity index (χ4v) is 3.20. The maximum atomic E-state index is 12.5. The highest BCUT2D eigenvalue weighted by atomic mass is 32.2. The van der Waals surface area contributed by atoms with Crippen molar-refractivity contribution in [3.05, 3.63) is 66.4 Å². The first-order chi connectivity index (χ1) is 15.0. The molecular weight excluding hydrogens is 451 g/mol. The summed E-state index contributed by atoms with van der Waals surface area (Å²) in [6.07, 6.45) is 0.181. The minimum absolute atomic E-state index is 0.270. The van der Waals surface area contributed by atoms with Crippen LogP contribution in [-0.2, 0) is 21.9 Å². The highest BCUT2D eigenvalue weighted by Gasteiger charge is 2.48. The van der Waals surface area contributed by atoms with Gasteiger partial charge in [0.05, 0.1) is 6.20 Å². The Morgan fingerprint density at radius 3 is 2.31 bits per heavy atom. The highest BCUT2D eigenvalue weighted by molar-refractivity contribution is 7.88. The van der Waals surface area contributed by atoms with Crippen molar-refractivity contribution in [3.8, 4) is 16.9 Å². The molecule has 0 aliphatic heterocycles. The van der Waals surface area contributed by atoms with Gasteiger partial charge in [-0.1, -0.05) is 42.5 Å². The standard InChI is InChI=1S/C20H18F3N3O5S/c1-13(14-6-4-3-5-7-14)30-19(27)25-18-17(12-24-26(18)2)15-8-10-16(11-9-15)31-32(28,29)20(21,22)23/h3-13H,1-2H3,(H,25,27). The largest absolute Gasteiger partial charge is 0.534 e. The monoisotopic (exact) mass is 469 g/mol. The average Bonchev–Trinajstić information content (AvgIpc) is 3.08. The number of carbonyl (C=O) groups is 1. The van der Waals surface area contributed by atoms with Crippen LogP contribution >= 0.6 is 0 Å². The van der Waals surface area contributed by atoms with E-state index in [9.17, 15) is 26.4 Å². The molecule has 1 unspecified atom stereocenters. The number of benzene rings is 2. The number of halogens is 3. The van der Waals surface area contributed by atoms with Gasteiger partial charge < -0.3 is 8.92 Å². The summed E-state index contributed by atoms with van der Waals surface area (Å²) in [6.45, 7) is 1.72. The fourth-order valence-electron chi connectivity index (χ4n) is 2.74. The van der Waals surface area contributed by atoms with Crippen LogP contribution in [-0.4, -0.2) is 29.8 Å². The van der Waals surface area contributed by atoms with Crippen molar-refractivity contribution in [2.24, 2.45) is 7.05 Å². The zero-order valence-corrected chi connectivity index (χ0v) is 17.6. The molecular formula is C20H18F3N3O5S. The van der Waals surface area contributed by atoms with E-state index >= 15 is 0 Å². The van der Waals surface area contributed by atoms with Gasteiger partial charge in [-0.15, -0.1) is 0 Å². The number of ether oxygens (including phenoxy) is 1. The molecule has 32 heavy (non-hydrogen) atoms. The van der Waals surface area contributed by atoms with Crippen LogP contribution in [0.3, 0.4) is 0 Å². The molecule has 1 heterocycles. The summed E-state index contributed by atoms with van der Waals surface area (Å²) >= 11 is 0. The Morgan fingerprint density at radius 1 is 1.09 bits per heavy atom. The Labute approximate surface area is 181 Å². The molecule has 3 aromatic rings. The van der Waals surface area contributed by atoms with Gasteiger partial charge in [-0.05, 0) is 30.2 Å². The van der Waals surface area contributed by atoms with E-state index in [-0.39, 0.29) is 5.82 Å². The lowest BCUT2D eigenvalue weighted by Gasteiger charge is -2.15. The van der Waals surface area contributed by atoms with Gasteiger partial charge in [-0.2, -0.15) is 26.7 Å². The maximum Gasteiger partial charge on any atom is 0.534 e. The first-order valence-electron chi connectivity index (χ1n) is 9.13. The maximum absolute atomic E-state index is 12.5. The van der Waals surface area contributed by atoms with Crippen molar-refractivity contribution in [2.45, 2.75) is 18.5 Å². The number of rotatable bonds is 6. The molecule has 0 aliphatic carbocycles. The molecule has 1 amide bonds. The lowest BCUT2D eigenvalue weighted by Crippen LogP contribution is -2.28. The van der Waals surface area contributed by atoms with Crippen molar-refractivity contribution in [1.29, 1.82) is 0 Å². The minimum atomic E-state index is -5.77. The summed E-state index contributed by atoms with van der Waals surface area (Å²) < 4.78 is 70.5. The number of anilines is 1. The van der Waals surface area contributed by atoms with Gasteiger partial charge >= 0.3 is 21.7 Å². The molecule has 12 heteroatoms. The molecule has 0 aliphatic rings. The number of hydrogen-bond acceptors (Lipinski definition) is 6. The van der Waals surface area contributed by atoms with Crippen molar-refractivity contribution < 1.29 is 35.3 Å². The zero-order valence-electron chi connectivity index (χ0n) is 16.8. The second kappa shape index (κ2) is 8.91. The van der Waals surface area contributed by atoms with Gasteiger partial charge in [0, 0.05) is 12.6 Å². The van der Waals surface area contributed by atoms with Crippen LogP contribution in [0.15, 0.2) is 60.8 Å². The Bertz CT molecular complexity index is 1190. The van der Waals surface area contributed by atoms with Gasteiger partial charge in [0.15, 0.2) is 0 Å². The number of carbonyl (C=O) groups excluding carboxylic acids is 1. The average molecular weight is 469 g/mol. The van der Waals surface area contributed by atoms with Crippen molar-refractivity contribution in [3.63, 3.8) is 0 Å². The van der Waals surface area contributed by atoms with Crippen LogP contribution in [0.25, 0.3) is 11.1 Å². The predicted molar refractivity (Wildman–Crippen MR) is 109 cm³/mol. The summed E-state index contributed by atoms with van der Waals surface area (Å²) in [4.78, 5) is 12.4. The lowest BCUT2D eigenvalue weighted by atomic mass is 10.1. The summed E-state index contributed by atoms with van der Waals surface area (Å²) in [6, 6.07) is 13.9. The van der Waals surface area contributed by atoms with Crippen LogP contribution in [0.5, 0.6) is 5.75 Å². The third-order valence-corrected chi connectivity index (χ3v) is 5.35. The Balaban J connectivity index is 1.75. The Morgan fingerprint density at radius 2 is 1.72 bits per heavy atom. The number of hydrogen-bond donors (Lipinski definition) is 1. The van der Waals surface area contributed by atoms with E-state index in [2.05, 4.69) is 14.6 Å². The third kappa shape index (κ3) is 5.19. The summed E-state index contributed by atoms with van der Waals surface area (Å²) in [7, 11) is -4.20. The second-order valence-corrected chi connectivity index (χ2v) is 8.16.